The van der Waals surface area contributed by atoms with Gasteiger partial charge in [-0.25, -0.2) is 28.5 Å². The number of anilines is 1. The zero-order chi connectivity index (χ0) is 23.1. The zero-order valence-corrected chi connectivity index (χ0v) is 17.8. The molecule has 13 heteroatoms. The van der Waals surface area contributed by atoms with Crippen molar-refractivity contribution in [3.63, 3.8) is 0 Å². The minimum Gasteiger partial charge on any atom is -0.374 e. The van der Waals surface area contributed by atoms with E-state index in [2.05, 4.69) is 15.0 Å². The van der Waals surface area contributed by atoms with Gasteiger partial charge in [-0.15, -0.1) is 0 Å². The second kappa shape index (κ2) is 8.30. The summed E-state index contributed by atoms with van der Waals surface area (Å²) in [6.45, 7) is 3.02. The van der Waals surface area contributed by atoms with Crippen LogP contribution in [-0.4, -0.2) is 59.3 Å². The van der Waals surface area contributed by atoms with E-state index in [-0.39, 0.29) is 23.6 Å². The van der Waals surface area contributed by atoms with Crippen molar-refractivity contribution in [3.8, 4) is 11.5 Å². The van der Waals surface area contributed by atoms with Crippen molar-refractivity contribution < 1.29 is 26.3 Å². The molecule has 1 fully saturated rings. The lowest BCUT2D eigenvalue weighted by atomic mass is 10.1. The number of alkyl halides is 3. The maximum absolute atomic E-state index is 13.1. The number of rotatable bonds is 5. The van der Waals surface area contributed by atoms with Gasteiger partial charge in [-0.1, -0.05) is 6.92 Å². The fourth-order valence-corrected chi connectivity index (χ4v) is 4.61. The van der Waals surface area contributed by atoms with E-state index in [9.17, 15) is 21.6 Å². The monoisotopic (exact) mass is 470 g/mol. The molecular weight excluding hydrogens is 449 g/mol. The molecule has 0 saturated carbocycles. The number of primary sulfonamides is 1. The van der Waals surface area contributed by atoms with E-state index in [4.69, 9.17) is 9.88 Å². The molecule has 3 aromatic heterocycles. The summed E-state index contributed by atoms with van der Waals surface area (Å²) in [5.74, 6) is 0.237. The molecule has 0 aromatic carbocycles. The Morgan fingerprint density at radius 3 is 2.78 bits per heavy atom. The third kappa shape index (κ3) is 4.84. The molecule has 172 valence electrons. The zero-order valence-electron chi connectivity index (χ0n) is 17.0. The minimum atomic E-state index is -4.49. The summed E-state index contributed by atoms with van der Waals surface area (Å²) in [4.78, 5) is 14.8. The first-order valence-electron chi connectivity index (χ1n) is 9.76. The van der Waals surface area contributed by atoms with Gasteiger partial charge >= 0.3 is 6.18 Å². The molecule has 4 rings (SSSR count). The normalized spacial score (nSPS) is 18.8. The van der Waals surface area contributed by atoms with Gasteiger partial charge in [-0.3, -0.25) is 4.40 Å². The Balaban J connectivity index is 1.62. The molecule has 0 spiro atoms. The fourth-order valence-electron chi connectivity index (χ4n) is 3.66. The van der Waals surface area contributed by atoms with Crippen LogP contribution in [-0.2, 0) is 20.9 Å². The standard InChI is InChI=1S/C19H21F3N6O3S/c1-12(11-32(23,29)30)15-10-27(6-7-31-15)17-4-5-24-18(26-17)14-8-25-16-3-2-13(9-28(14)16)19(20,21)22/h2-5,8-9,12,15H,6-7,10-11H2,1H3,(H2,23,29,30)/t12-,15+/m0/s1. The van der Waals surface area contributed by atoms with Gasteiger partial charge in [-0.2, -0.15) is 13.2 Å². The lowest BCUT2D eigenvalue weighted by Gasteiger charge is -2.36. The molecule has 0 unspecified atom stereocenters. The number of hydrogen-bond acceptors (Lipinski definition) is 7. The summed E-state index contributed by atoms with van der Waals surface area (Å²) in [5, 5.41) is 5.15. The molecule has 1 saturated heterocycles. The van der Waals surface area contributed by atoms with E-state index in [1.54, 1.807) is 13.0 Å². The third-order valence-corrected chi connectivity index (χ3v) is 6.24. The molecule has 0 radical (unpaired) electrons. The number of imidazole rings is 1. The highest BCUT2D eigenvalue weighted by atomic mass is 32.2. The number of fused-ring (bicyclic) bond motifs is 1. The SMILES string of the molecule is C[C@@H](CS(N)(=O)=O)[C@H]1CN(c2ccnc(-c3cnc4ccc(C(F)(F)F)cn34)n2)CCO1. The van der Waals surface area contributed by atoms with Crippen molar-refractivity contribution in [2.75, 3.05) is 30.3 Å². The topological polar surface area (TPSA) is 116 Å². The lowest BCUT2D eigenvalue weighted by Crippen LogP contribution is -2.47. The average Bonchev–Trinajstić information content (AvgIpc) is 3.15. The maximum Gasteiger partial charge on any atom is 0.417 e. The van der Waals surface area contributed by atoms with Crippen LogP contribution in [0.2, 0.25) is 0 Å². The number of aromatic nitrogens is 4. The predicted molar refractivity (Wildman–Crippen MR) is 110 cm³/mol. The molecule has 1 aliphatic rings. The van der Waals surface area contributed by atoms with Gasteiger partial charge < -0.3 is 9.64 Å². The van der Waals surface area contributed by atoms with Crippen molar-refractivity contribution in [1.82, 2.24) is 19.4 Å². The summed E-state index contributed by atoms with van der Waals surface area (Å²) in [6, 6.07) is 3.94. The van der Waals surface area contributed by atoms with Crippen LogP contribution in [0.4, 0.5) is 19.0 Å². The van der Waals surface area contributed by atoms with Crippen LogP contribution in [0.5, 0.6) is 0 Å². The molecule has 3 aromatic rings. The van der Waals surface area contributed by atoms with Gasteiger partial charge in [0.2, 0.25) is 10.0 Å². The van der Waals surface area contributed by atoms with Gasteiger partial charge in [0.05, 0.1) is 30.2 Å². The first kappa shape index (κ1) is 22.4. The molecule has 9 nitrogen and oxygen atoms in total. The highest BCUT2D eigenvalue weighted by molar-refractivity contribution is 7.89. The summed E-state index contributed by atoms with van der Waals surface area (Å²) < 4.78 is 69.3. The van der Waals surface area contributed by atoms with Crippen LogP contribution < -0.4 is 10.0 Å². The quantitative estimate of drug-likeness (QED) is 0.606. The third-order valence-electron chi connectivity index (χ3n) is 5.25. The molecule has 2 N–H and O–H groups in total. The Morgan fingerprint density at radius 1 is 1.28 bits per heavy atom. The van der Waals surface area contributed by atoms with E-state index in [0.29, 0.717) is 36.9 Å². The highest BCUT2D eigenvalue weighted by Gasteiger charge is 2.31. The van der Waals surface area contributed by atoms with Gasteiger partial charge in [0, 0.05) is 25.5 Å². The lowest BCUT2D eigenvalue weighted by molar-refractivity contribution is -0.137. The summed E-state index contributed by atoms with van der Waals surface area (Å²) in [7, 11) is -3.64. The second-order valence-electron chi connectivity index (χ2n) is 7.69. The molecule has 0 aliphatic carbocycles. The van der Waals surface area contributed by atoms with Crippen LogP contribution in [0.15, 0.2) is 36.8 Å². The Labute approximate surface area is 182 Å². The molecule has 4 heterocycles. The number of nitrogens with two attached hydrogens (primary N) is 1. The van der Waals surface area contributed by atoms with Gasteiger partial charge in [-0.05, 0) is 24.1 Å². The van der Waals surface area contributed by atoms with E-state index >= 15 is 0 Å². The van der Waals surface area contributed by atoms with E-state index in [1.165, 1.54) is 22.9 Å². The van der Waals surface area contributed by atoms with Crippen LogP contribution in [0, 0.1) is 5.92 Å². The molecule has 0 bridgehead atoms. The maximum atomic E-state index is 13.1. The van der Waals surface area contributed by atoms with Crippen molar-refractivity contribution >= 4 is 21.5 Å². The number of hydrogen-bond donors (Lipinski definition) is 1. The Morgan fingerprint density at radius 2 is 2.06 bits per heavy atom. The Bertz CT molecular complexity index is 1230. The predicted octanol–water partition coefficient (Wildman–Crippen LogP) is 1.94. The second-order valence-corrected chi connectivity index (χ2v) is 9.35. The van der Waals surface area contributed by atoms with Gasteiger partial charge in [0.25, 0.3) is 0 Å². The summed E-state index contributed by atoms with van der Waals surface area (Å²) in [6.07, 6.45) is -0.957. The van der Waals surface area contributed by atoms with E-state index in [0.717, 1.165) is 12.3 Å². The average molecular weight is 470 g/mol. The Kier molecular flexibility index (Phi) is 5.81. The summed E-state index contributed by atoms with van der Waals surface area (Å²) in [5.41, 5.74) is -0.147. The minimum absolute atomic E-state index is 0.204. The number of morpholine rings is 1. The van der Waals surface area contributed by atoms with Crippen LogP contribution in [0.25, 0.3) is 17.2 Å². The first-order valence-corrected chi connectivity index (χ1v) is 11.5. The van der Waals surface area contributed by atoms with Crippen molar-refractivity contribution in [3.05, 3.63) is 42.4 Å². The molecule has 1 aliphatic heterocycles. The van der Waals surface area contributed by atoms with Crippen molar-refractivity contribution in [1.29, 1.82) is 0 Å². The number of halogens is 3. The van der Waals surface area contributed by atoms with E-state index in [1.807, 2.05) is 4.90 Å². The van der Waals surface area contributed by atoms with E-state index < -0.39 is 21.8 Å². The molecule has 32 heavy (non-hydrogen) atoms. The largest absolute Gasteiger partial charge is 0.417 e. The van der Waals surface area contributed by atoms with Gasteiger partial charge in [0.15, 0.2) is 5.82 Å². The van der Waals surface area contributed by atoms with Crippen molar-refractivity contribution in [2.45, 2.75) is 19.2 Å². The number of sulfonamides is 1. The number of pyridine rings is 1. The number of ether oxygens (including phenoxy) is 1. The smallest absolute Gasteiger partial charge is 0.374 e. The molecule has 0 amide bonds. The first-order chi connectivity index (χ1) is 15.0. The molecule has 2 atom stereocenters. The van der Waals surface area contributed by atoms with Crippen LogP contribution in [0.3, 0.4) is 0 Å². The summed E-state index contributed by atoms with van der Waals surface area (Å²) >= 11 is 0. The van der Waals surface area contributed by atoms with Crippen LogP contribution >= 0.6 is 0 Å². The fraction of sp³-hybridized carbons (Fsp3) is 0.421. The van der Waals surface area contributed by atoms with Crippen molar-refractivity contribution in [2.24, 2.45) is 11.1 Å². The van der Waals surface area contributed by atoms with Gasteiger partial charge in [0.1, 0.15) is 17.2 Å². The highest BCUT2D eigenvalue weighted by Crippen LogP contribution is 2.30. The Hall–Kier alpha value is -2.77. The molecular formula is C19H21F3N6O3S. The van der Waals surface area contributed by atoms with Crippen LogP contribution in [0.1, 0.15) is 12.5 Å². The number of nitrogens with zero attached hydrogens (tertiary/aromatic N) is 5.